The molecular weight excluding hydrogens is 328 g/mol. The van der Waals surface area contributed by atoms with Crippen LogP contribution in [0.5, 0.6) is 11.5 Å². The van der Waals surface area contributed by atoms with Crippen LogP contribution in [0.15, 0.2) is 48.0 Å². The van der Waals surface area contributed by atoms with Crippen molar-refractivity contribution in [2.24, 2.45) is 5.73 Å². The fourth-order valence-corrected chi connectivity index (χ4v) is 2.22. The molecule has 0 aliphatic rings. The van der Waals surface area contributed by atoms with Crippen LogP contribution in [0.4, 0.5) is 0 Å². The van der Waals surface area contributed by atoms with Crippen LogP contribution in [0.2, 0.25) is 5.02 Å². The van der Waals surface area contributed by atoms with Crippen molar-refractivity contribution in [1.82, 2.24) is 0 Å². The van der Waals surface area contributed by atoms with E-state index in [4.69, 9.17) is 32.1 Å². The van der Waals surface area contributed by atoms with Crippen molar-refractivity contribution in [2.45, 2.75) is 6.61 Å². The summed E-state index contributed by atoms with van der Waals surface area (Å²) in [4.78, 5) is 11.1. The highest BCUT2D eigenvalue weighted by molar-refractivity contribution is 6.30. The number of carbonyl (C=O) groups excluding carboxylic acids is 1. The minimum atomic E-state index is -0.780. The maximum absolute atomic E-state index is 11.1. The van der Waals surface area contributed by atoms with Gasteiger partial charge in [-0.1, -0.05) is 29.8 Å². The highest BCUT2D eigenvalue weighted by Crippen LogP contribution is 2.29. The number of rotatable bonds is 6. The predicted molar refractivity (Wildman–Crippen MR) is 91.6 cm³/mol. The Bertz CT molecular complexity index is 825. The lowest BCUT2D eigenvalue weighted by Crippen LogP contribution is -2.12. The second-order valence-corrected chi connectivity index (χ2v) is 5.30. The molecule has 5 nitrogen and oxygen atoms in total. The van der Waals surface area contributed by atoms with E-state index in [2.05, 4.69) is 0 Å². The summed E-state index contributed by atoms with van der Waals surface area (Å²) < 4.78 is 11.0. The fraction of sp³-hybridized carbons (Fsp3) is 0.111. The highest BCUT2D eigenvalue weighted by Gasteiger charge is 2.08. The number of methoxy groups -OCH3 is 1. The van der Waals surface area contributed by atoms with E-state index >= 15 is 0 Å². The van der Waals surface area contributed by atoms with Crippen LogP contribution in [0.1, 0.15) is 11.1 Å². The third kappa shape index (κ3) is 4.51. The third-order valence-corrected chi connectivity index (χ3v) is 3.40. The number of nitrogens with zero attached hydrogens (tertiary/aromatic N) is 1. The van der Waals surface area contributed by atoms with Crippen molar-refractivity contribution >= 4 is 23.6 Å². The van der Waals surface area contributed by atoms with Crippen LogP contribution in [-0.4, -0.2) is 13.0 Å². The van der Waals surface area contributed by atoms with Gasteiger partial charge in [-0.3, -0.25) is 4.79 Å². The summed E-state index contributed by atoms with van der Waals surface area (Å²) in [7, 11) is 1.51. The van der Waals surface area contributed by atoms with Crippen LogP contribution >= 0.6 is 11.6 Å². The molecule has 0 radical (unpaired) electrons. The molecule has 0 bridgehead atoms. The van der Waals surface area contributed by atoms with E-state index < -0.39 is 5.91 Å². The minimum Gasteiger partial charge on any atom is -0.493 e. The second-order valence-electron chi connectivity index (χ2n) is 4.86. The monoisotopic (exact) mass is 342 g/mol. The average Bonchev–Trinajstić information content (AvgIpc) is 2.58. The minimum absolute atomic E-state index is 0.135. The average molecular weight is 343 g/mol. The van der Waals surface area contributed by atoms with Gasteiger partial charge in [-0.05, 0) is 41.5 Å². The largest absolute Gasteiger partial charge is 0.493 e. The zero-order valence-electron chi connectivity index (χ0n) is 13.0. The van der Waals surface area contributed by atoms with Crippen molar-refractivity contribution in [3.05, 3.63) is 64.2 Å². The number of primary amides is 1. The van der Waals surface area contributed by atoms with E-state index in [1.165, 1.54) is 13.2 Å². The molecule has 0 saturated heterocycles. The van der Waals surface area contributed by atoms with E-state index in [1.54, 1.807) is 30.3 Å². The number of halogens is 1. The topological polar surface area (TPSA) is 85.3 Å². The molecule has 2 aromatic carbocycles. The van der Waals surface area contributed by atoms with Crippen molar-refractivity contribution < 1.29 is 14.3 Å². The Hall–Kier alpha value is -2.97. The fourth-order valence-electron chi connectivity index (χ4n) is 2.01. The second kappa shape index (κ2) is 8.04. The maximum Gasteiger partial charge on any atom is 0.259 e. The Morgan fingerprint density at radius 1 is 1.29 bits per heavy atom. The van der Waals surface area contributed by atoms with Crippen molar-refractivity contribution in [3.8, 4) is 17.6 Å². The Morgan fingerprint density at radius 2 is 2.08 bits per heavy atom. The van der Waals surface area contributed by atoms with Crippen LogP contribution in [0.3, 0.4) is 0 Å². The van der Waals surface area contributed by atoms with Crippen LogP contribution < -0.4 is 15.2 Å². The number of nitrogens with two attached hydrogens (primary N) is 1. The van der Waals surface area contributed by atoms with Crippen LogP contribution in [0.25, 0.3) is 6.08 Å². The van der Waals surface area contributed by atoms with Crippen LogP contribution in [-0.2, 0) is 11.4 Å². The summed E-state index contributed by atoms with van der Waals surface area (Å²) in [5.41, 5.74) is 6.52. The number of amides is 1. The molecule has 2 rings (SSSR count). The molecule has 2 N–H and O–H groups in total. The SMILES string of the molecule is COc1cc(C=C(C#N)C(N)=O)ccc1OCc1cccc(Cl)c1. The van der Waals surface area contributed by atoms with E-state index in [0.29, 0.717) is 28.7 Å². The van der Waals surface area contributed by atoms with Gasteiger partial charge in [0.05, 0.1) is 7.11 Å². The van der Waals surface area contributed by atoms with Gasteiger partial charge in [-0.25, -0.2) is 0 Å². The lowest BCUT2D eigenvalue weighted by molar-refractivity contribution is -0.114. The van der Waals surface area contributed by atoms with Gasteiger partial charge < -0.3 is 15.2 Å². The van der Waals surface area contributed by atoms with Gasteiger partial charge in [0.1, 0.15) is 18.2 Å². The number of hydrogen-bond acceptors (Lipinski definition) is 4. The molecule has 1 amide bonds. The summed E-state index contributed by atoms with van der Waals surface area (Å²) in [5, 5.41) is 9.52. The number of hydrogen-bond donors (Lipinski definition) is 1. The molecule has 24 heavy (non-hydrogen) atoms. The summed E-state index contributed by atoms with van der Waals surface area (Å²) in [6.45, 7) is 0.330. The summed E-state index contributed by atoms with van der Waals surface area (Å²) in [5.74, 6) is 0.234. The van der Waals surface area contributed by atoms with Crippen molar-refractivity contribution in [1.29, 1.82) is 5.26 Å². The Labute approximate surface area is 144 Å². The predicted octanol–water partition coefficient (Wildman–Crippen LogP) is 3.32. The molecule has 0 unspecified atom stereocenters. The maximum atomic E-state index is 11.1. The van der Waals surface area contributed by atoms with Crippen LogP contribution in [0, 0.1) is 11.3 Å². The first-order chi connectivity index (χ1) is 11.5. The Balaban J connectivity index is 2.20. The molecule has 0 spiro atoms. The number of benzene rings is 2. The molecule has 0 aromatic heterocycles. The first-order valence-electron chi connectivity index (χ1n) is 7.00. The highest BCUT2D eigenvalue weighted by atomic mass is 35.5. The summed E-state index contributed by atoms with van der Waals surface area (Å²) in [6, 6.07) is 14.2. The first-order valence-corrected chi connectivity index (χ1v) is 7.38. The molecule has 0 fully saturated rings. The molecule has 2 aromatic rings. The molecule has 122 valence electrons. The molecule has 0 aliphatic heterocycles. The van der Waals surface area contributed by atoms with Gasteiger partial charge in [0.25, 0.3) is 5.91 Å². The zero-order valence-corrected chi connectivity index (χ0v) is 13.7. The number of nitriles is 1. The summed E-state index contributed by atoms with van der Waals surface area (Å²) >= 11 is 5.94. The summed E-state index contributed by atoms with van der Waals surface area (Å²) in [6.07, 6.45) is 1.39. The lowest BCUT2D eigenvalue weighted by atomic mass is 10.1. The Morgan fingerprint density at radius 3 is 2.71 bits per heavy atom. The first kappa shape index (κ1) is 17.4. The molecule has 0 saturated carbocycles. The smallest absolute Gasteiger partial charge is 0.259 e. The van der Waals surface area contributed by atoms with Gasteiger partial charge in [-0.2, -0.15) is 5.26 Å². The number of carbonyl (C=O) groups is 1. The Kier molecular flexibility index (Phi) is 5.83. The lowest BCUT2D eigenvalue weighted by Gasteiger charge is -2.11. The molecule has 0 aliphatic carbocycles. The van der Waals surface area contributed by atoms with Gasteiger partial charge >= 0.3 is 0 Å². The molecule has 0 atom stereocenters. The molecule has 6 heteroatoms. The van der Waals surface area contributed by atoms with E-state index in [0.717, 1.165) is 5.56 Å². The molecule has 0 heterocycles. The van der Waals surface area contributed by atoms with Crippen molar-refractivity contribution in [2.75, 3.05) is 7.11 Å². The van der Waals surface area contributed by atoms with Crippen molar-refractivity contribution in [3.63, 3.8) is 0 Å². The zero-order chi connectivity index (χ0) is 17.5. The standard InChI is InChI=1S/C18H15ClN2O3/c1-23-17-9-12(7-14(10-20)18(21)22)5-6-16(17)24-11-13-3-2-4-15(19)8-13/h2-9H,11H2,1H3,(H2,21,22). The van der Waals surface area contributed by atoms with E-state index in [9.17, 15) is 4.79 Å². The van der Waals surface area contributed by atoms with Gasteiger partial charge in [-0.15, -0.1) is 0 Å². The normalized spacial score (nSPS) is 10.8. The van der Waals surface area contributed by atoms with E-state index in [-0.39, 0.29) is 5.57 Å². The van der Waals surface area contributed by atoms with E-state index in [1.807, 2.05) is 18.2 Å². The van der Waals surface area contributed by atoms with Gasteiger partial charge in [0, 0.05) is 5.02 Å². The van der Waals surface area contributed by atoms with Gasteiger partial charge in [0.2, 0.25) is 0 Å². The third-order valence-electron chi connectivity index (χ3n) is 3.17. The van der Waals surface area contributed by atoms with Gasteiger partial charge in [0.15, 0.2) is 11.5 Å². The number of ether oxygens (including phenoxy) is 2. The molecular formula is C18H15ClN2O3. The quantitative estimate of drug-likeness (QED) is 0.644.